The van der Waals surface area contributed by atoms with Crippen molar-refractivity contribution in [3.63, 3.8) is 0 Å². The molecule has 1 aliphatic heterocycles. The van der Waals surface area contributed by atoms with Gasteiger partial charge in [0.25, 0.3) is 7.82 Å². The summed E-state index contributed by atoms with van der Waals surface area (Å²) in [7, 11) is -16.7. The molecule has 3 rings (SSSR count). The van der Waals surface area contributed by atoms with Gasteiger partial charge in [0.2, 0.25) is 11.8 Å². The Balaban J connectivity index is 0.0000145. The van der Waals surface area contributed by atoms with E-state index in [0.29, 0.717) is 12.2 Å². The molecular weight excluding hydrogens is 950 g/mol. The molecule has 8 atom stereocenters. The molecule has 2 aromatic heterocycles. The van der Waals surface area contributed by atoms with Crippen LogP contribution in [0, 0.1) is 5.41 Å². The molecule has 0 bridgehead atoms. The van der Waals surface area contributed by atoms with Gasteiger partial charge in [-0.2, -0.15) is 4.31 Å². The molecule has 1 saturated heterocycles. The Kier molecular flexibility index (Phi) is 26.5. The van der Waals surface area contributed by atoms with Gasteiger partial charge in [-0.3, -0.25) is 32.6 Å². The maximum atomic E-state index is 12.7. The van der Waals surface area contributed by atoms with E-state index in [2.05, 4.69) is 41.3 Å². The number of carbonyl (C=O) groups is 3. The number of unbranched alkanes of at least 4 members (excludes halogenated alkanes) is 11. The molecule has 29 heteroatoms. The van der Waals surface area contributed by atoms with Crippen LogP contribution >= 0.6 is 35.2 Å². The number of hydrogen-bond donors (Lipinski definition) is 8. The van der Waals surface area contributed by atoms with E-state index in [0.717, 1.165) is 48.2 Å². The third-order valence-electron chi connectivity index (χ3n) is 10.00. The van der Waals surface area contributed by atoms with E-state index >= 15 is 0 Å². The molecule has 0 aromatic carbocycles. The van der Waals surface area contributed by atoms with Crippen molar-refractivity contribution < 1.29 is 110 Å². The van der Waals surface area contributed by atoms with Crippen LogP contribution in [0.3, 0.4) is 0 Å². The Morgan fingerprint density at radius 2 is 1.52 bits per heavy atom. The van der Waals surface area contributed by atoms with Crippen LogP contribution in [0.5, 0.6) is 0 Å². The van der Waals surface area contributed by atoms with Crippen molar-refractivity contribution in [2.45, 2.75) is 141 Å². The number of thioether (sulfide) groups is 1. The molecule has 65 heavy (non-hydrogen) atoms. The number of ether oxygens (including phenoxy) is 1. The fourth-order valence-corrected chi connectivity index (χ4v) is 10.0. The van der Waals surface area contributed by atoms with E-state index in [9.17, 15) is 57.9 Å². The van der Waals surface area contributed by atoms with Gasteiger partial charge in [-0.15, -0.1) is 0 Å². The van der Waals surface area contributed by atoms with Crippen LogP contribution in [0.2, 0.25) is 0 Å². The Bertz CT molecular complexity index is 1950. The number of nitrogens with zero attached hydrogens (tertiary/aromatic N) is 4. The molecule has 0 spiro atoms. The largest absolute Gasteiger partial charge is 1.00 e. The Morgan fingerprint density at radius 1 is 0.923 bits per heavy atom. The van der Waals surface area contributed by atoms with Crippen molar-refractivity contribution in [2.24, 2.45) is 5.41 Å². The maximum Gasteiger partial charge on any atom is 1.00 e. The number of nitrogen functional groups attached to an aromatic ring is 1. The minimum atomic E-state index is -5.59. The van der Waals surface area contributed by atoms with E-state index in [1.165, 1.54) is 71.6 Å². The predicted octanol–water partition coefficient (Wildman–Crippen LogP) is 0.128. The molecule has 3 heterocycles. The van der Waals surface area contributed by atoms with Gasteiger partial charge < -0.3 is 55.4 Å². The van der Waals surface area contributed by atoms with E-state index < -0.39 is 84.6 Å². The SMILES string of the molecule is CCCCCCCCCCCCCCC(=O)SCCNC(=O)CCNC(=O)[C@H](O)C(C)(C)COP(=O)(O)OP(=O)(O)OC[C@H]1O[C@@H](n2cnc3c(N)ncnc32)C(O)C1OP(=O)([O-])O.[Na+]. The van der Waals surface area contributed by atoms with Crippen LogP contribution in [0.15, 0.2) is 12.7 Å². The third-order valence-corrected chi connectivity index (χ3v) is 14.0. The average molecular weight is 1010 g/mol. The van der Waals surface area contributed by atoms with E-state index in [4.69, 9.17) is 19.5 Å². The minimum absolute atomic E-state index is 0. The van der Waals surface area contributed by atoms with Gasteiger partial charge >= 0.3 is 45.2 Å². The summed E-state index contributed by atoms with van der Waals surface area (Å²) in [6.07, 6.45) is 7.92. The summed E-state index contributed by atoms with van der Waals surface area (Å²) in [5, 5.41) is 26.6. The maximum absolute atomic E-state index is 12.7. The zero-order chi connectivity index (χ0) is 47.6. The van der Waals surface area contributed by atoms with Crippen molar-refractivity contribution in [1.29, 1.82) is 0 Å². The molecule has 2 aromatic rings. The summed E-state index contributed by atoms with van der Waals surface area (Å²) < 4.78 is 62.0. The number of aromatic nitrogens is 4. The first-order valence-electron chi connectivity index (χ1n) is 21.1. The Labute approximate surface area is 404 Å². The van der Waals surface area contributed by atoms with Crippen molar-refractivity contribution in [3.8, 4) is 0 Å². The van der Waals surface area contributed by atoms with Gasteiger partial charge in [-0.1, -0.05) is 103 Å². The summed E-state index contributed by atoms with van der Waals surface area (Å²) in [5.74, 6) is -1.04. The van der Waals surface area contributed by atoms with E-state index in [1.807, 2.05) is 0 Å². The number of aliphatic hydroxyl groups is 2. The second-order valence-electron chi connectivity index (χ2n) is 15.9. The van der Waals surface area contributed by atoms with Crippen LogP contribution in [0.4, 0.5) is 5.82 Å². The number of rotatable bonds is 32. The average Bonchev–Trinajstić information content (AvgIpc) is 3.78. The van der Waals surface area contributed by atoms with Gasteiger partial charge in [0.15, 0.2) is 22.8 Å². The van der Waals surface area contributed by atoms with Gasteiger partial charge in [0.05, 0.1) is 19.5 Å². The van der Waals surface area contributed by atoms with Gasteiger partial charge in [-0.25, -0.2) is 24.1 Å². The first-order valence-corrected chi connectivity index (χ1v) is 26.6. The van der Waals surface area contributed by atoms with E-state index in [1.54, 1.807) is 0 Å². The molecular formula is C36H63N7NaO17P3S. The number of phosphoric ester groups is 3. The zero-order valence-corrected chi connectivity index (χ0v) is 42.7. The van der Waals surface area contributed by atoms with Crippen molar-refractivity contribution in [3.05, 3.63) is 12.7 Å². The van der Waals surface area contributed by atoms with Crippen molar-refractivity contribution in [1.82, 2.24) is 30.2 Å². The number of carbonyl (C=O) groups excluding carboxylic acids is 3. The number of nitrogens with one attached hydrogen (secondary N) is 2. The second kappa shape index (κ2) is 28.9. The van der Waals surface area contributed by atoms with Gasteiger partial charge in [0.1, 0.15) is 36.3 Å². The molecule has 24 nitrogen and oxygen atoms in total. The molecule has 2 amide bonds. The number of anilines is 1. The monoisotopic (exact) mass is 1010 g/mol. The first kappa shape index (κ1) is 59.7. The molecule has 366 valence electrons. The topological polar surface area (TPSA) is 366 Å². The second-order valence-corrected chi connectivity index (χ2v) is 21.3. The number of imidazole rings is 1. The molecule has 9 N–H and O–H groups in total. The fraction of sp³-hybridized carbons (Fsp3) is 0.778. The van der Waals surface area contributed by atoms with E-state index in [-0.39, 0.29) is 71.2 Å². The van der Waals surface area contributed by atoms with Crippen molar-refractivity contribution in [2.75, 3.05) is 37.8 Å². The summed E-state index contributed by atoms with van der Waals surface area (Å²) in [5.41, 5.74) is 4.24. The molecule has 0 saturated carbocycles. The molecule has 1 aliphatic rings. The Hall–Kier alpha value is -1.44. The standard InChI is InChI=1S/C36H64N7O17P3S.Na/c1-4-5-6-7-8-9-10-11-12-13-14-15-16-27(45)64-20-19-38-26(44)17-18-39-34(48)31(47)36(2,3)22-57-63(54,55)60-62(52,53)56-21-25-30(59-61(49,50)51)29(46)35(58-25)43-24-42-28-32(37)40-23-41-33(28)43;/h23-25,29-31,35,46-47H,4-22H2,1-3H3,(H,38,44)(H,39,48)(H,52,53)(H,54,55)(H2,37,40,41)(H2,49,50,51);/q;+1/p-1/t25-,29?,30?,31+,35-;/m1./s1. The number of amides is 2. The summed E-state index contributed by atoms with van der Waals surface area (Å²) in [4.78, 5) is 90.2. The number of fused-ring (bicyclic) bond motifs is 1. The van der Waals surface area contributed by atoms with Crippen LogP contribution in [0.25, 0.3) is 11.2 Å². The summed E-state index contributed by atoms with van der Waals surface area (Å²) in [6.45, 7) is 2.75. The molecule has 5 unspecified atom stereocenters. The van der Waals surface area contributed by atoms with Gasteiger partial charge in [0, 0.05) is 37.1 Å². The van der Waals surface area contributed by atoms with Crippen LogP contribution in [-0.4, -0.2) is 118 Å². The predicted molar refractivity (Wildman–Crippen MR) is 231 cm³/mol. The van der Waals surface area contributed by atoms with Gasteiger partial charge in [-0.05, 0) is 6.42 Å². The molecule has 0 radical (unpaired) electrons. The summed E-state index contributed by atoms with van der Waals surface area (Å²) in [6, 6.07) is 0. The fourth-order valence-electron chi connectivity index (χ4n) is 6.47. The van der Waals surface area contributed by atoms with Crippen LogP contribution in [0.1, 0.15) is 117 Å². The minimum Gasteiger partial charge on any atom is -0.756 e. The third kappa shape index (κ3) is 21.8. The molecule has 1 fully saturated rings. The smallest absolute Gasteiger partial charge is 0.756 e. The first-order chi connectivity index (χ1) is 30.1. The number of nitrogens with two attached hydrogens (primary N) is 1. The van der Waals surface area contributed by atoms with Crippen LogP contribution < -0.4 is 50.8 Å². The normalized spacial score (nSPS) is 20.9. The van der Waals surface area contributed by atoms with Crippen LogP contribution in [-0.2, 0) is 50.7 Å². The number of hydrogen-bond acceptors (Lipinski definition) is 19. The zero-order valence-electron chi connectivity index (χ0n) is 37.2. The number of aliphatic hydroxyl groups excluding tert-OH is 2. The molecule has 0 aliphatic carbocycles. The number of phosphoric acid groups is 3. The Morgan fingerprint density at radius 3 is 2.14 bits per heavy atom. The quantitative estimate of drug-likeness (QED) is 0.0274. The summed E-state index contributed by atoms with van der Waals surface area (Å²) >= 11 is 1.15. The van der Waals surface area contributed by atoms with Crippen molar-refractivity contribution >= 4 is 69.1 Å².